The van der Waals surface area contributed by atoms with Crippen LogP contribution in [0.25, 0.3) is 11.0 Å². The maximum Gasteiger partial charge on any atom is 0.433 e. The number of hydrogen-bond acceptors (Lipinski definition) is 5. The number of carbonyl (C=O) groups is 1. The molecule has 0 spiro atoms. The Labute approximate surface area is 158 Å². The van der Waals surface area contributed by atoms with Gasteiger partial charge in [-0.1, -0.05) is 12.1 Å². The highest BCUT2D eigenvalue weighted by Crippen LogP contribution is 2.28. The number of carbonyl (C=O) groups excluding carboxylic acids is 1. The van der Waals surface area contributed by atoms with Gasteiger partial charge >= 0.3 is 12.1 Å². The Morgan fingerprint density at radius 1 is 1.21 bits per heavy atom. The van der Waals surface area contributed by atoms with Crippen LogP contribution in [0.5, 0.6) is 0 Å². The first kappa shape index (κ1) is 19.6. The average molecular weight is 389 g/mol. The lowest BCUT2D eigenvalue weighted by molar-refractivity contribution is -0.141. The Kier molecular flexibility index (Phi) is 5.22. The Balaban J connectivity index is 2.25. The zero-order valence-electron chi connectivity index (χ0n) is 15.1. The van der Waals surface area contributed by atoms with E-state index < -0.39 is 23.3 Å². The van der Waals surface area contributed by atoms with Crippen LogP contribution in [0.4, 0.5) is 13.2 Å². The Morgan fingerprint density at radius 2 is 1.96 bits per heavy atom. The molecule has 28 heavy (non-hydrogen) atoms. The summed E-state index contributed by atoms with van der Waals surface area (Å²) in [7, 11) is 1.77. The van der Waals surface area contributed by atoms with Crippen LogP contribution in [0.15, 0.2) is 41.3 Å². The number of pyridine rings is 3. The van der Waals surface area contributed by atoms with E-state index in [2.05, 4.69) is 9.97 Å². The highest BCUT2D eigenvalue weighted by atomic mass is 19.4. The smallest absolute Gasteiger partial charge is 0.433 e. The van der Waals surface area contributed by atoms with Gasteiger partial charge in [0.1, 0.15) is 16.9 Å². The third kappa shape index (κ3) is 3.90. The van der Waals surface area contributed by atoms with Crippen molar-refractivity contribution in [3.8, 4) is 0 Å². The lowest BCUT2D eigenvalue weighted by Crippen LogP contribution is -2.23. The Morgan fingerprint density at radius 3 is 2.61 bits per heavy atom. The number of fused-ring (bicyclic) bond motifs is 1. The molecule has 0 aromatic carbocycles. The van der Waals surface area contributed by atoms with Crippen LogP contribution in [0.2, 0.25) is 0 Å². The lowest BCUT2D eigenvalue weighted by atomic mass is 10.0. The van der Waals surface area contributed by atoms with Gasteiger partial charge in [0.25, 0.3) is 0 Å². The van der Waals surface area contributed by atoms with E-state index in [1.54, 1.807) is 33.0 Å². The summed E-state index contributed by atoms with van der Waals surface area (Å²) in [5.74, 6) is -0.847. The molecule has 0 bridgehead atoms. The monoisotopic (exact) mass is 389 g/mol. The lowest BCUT2D eigenvalue weighted by Gasteiger charge is -2.14. The second kappa shape index (κ2) is 7.45. The van der Waals surface area contributed by atoms with Crippen LogP contribution >= 0.6 is 0 Å². The molecule has 3 aromatic rings. The molecular weight excluding hydrogens is 374 g/mol. The molecule has 0 amide bonds. The van der Waals surface area contributed by atoms with Crippen LogP contribution in [0, 0.1) is 0 Å². The number of aromatic nitrogens is 3. The number of alkyl halides is 3. The summed E-state index contributed by atoms with van der Waals surface area (Å²) in [6.45, 7) is 1.67. The fourth-order valence-electron chi connectivity index (χ4n) is 2.76. The van der Waals surface area contributed by atoms with Crippen molar-refractivity contribution in [3.63, 3.8) is 0 Å². The molecule has 3 heterocycles. The molecule has 0 atom stereocenters. The second-order valence-corrected chi connectivity index (χ2v) is 6.06. The zero-order chi connectivity index (χ0) is 20.5. The van der Waals surface area contributed by atoms with Gasteiger partial charge < -0.3 is 9.30 Å². The highest BCUT2D eigenvalue weighted by Gasteiger charge is 2.33. The molecule has 0 fully saturated rings. The number of hydrogen-bond donors (Lipinski definition) is 0. The van der Waals surface area contributed by atoms with Crippen LogP contribution in [-0.4, -0.2) is 35.0 Å². The van der Waals surface area contributed by atoms with Gasteiger partial charge in [0.15, 0.2) is 7.85 Å². The zero-order valence-corrected chi connectivity index (χ0v) is 15.1. The van der Waals surface area contributed by atoms with E-state index in [9.17, 15) is 22.8 Å². The normalized spacial score (nSPS) is 11.6. The SMILES string of the molecule is Bc1cccc(Cn2cc(C(=O)OCC)c(=O)c3ccc(C(F)(F)F)nc32)n1. The maximum absolute atomic E-state index is 13.1. The van der Waals surface area contributed by atoms with E-state index in [4.69, 9.17) is 4.74 Å². The summed E-state index contributed by atoms with van der Waals surface area (Å²) in [5.41, 5.74) is -1.06. The molecule has 6 nitrogen and oxygen atoms in total. The van der Waals surface area contributed by atoms with E-state index in [1.807, 2.05) is 0 Å². The van der Waals surface area contributed by atoms with Gasteiger partial charge in [-0.3, -0.25) is 9.78 Å². The first-order chi connectivity index (χ1) is 13.2. The molecule has 0 aliphatic heterocycles. The van der Waals surface area contributed by atoms with Crippen LogP contribution in [0.3, 0.4) is 0 Å². The number of rotatable bonds is 4. The van der Waals surface area contributed by atoms with Crippen molar-refractivity contribution in [2.45, 2.75) is 19.6 Å². The van der Waals surface area contributed by atoms with Crippen molar-refractivity contribution in [1.29, 1.82) is 0 Å². The summed E-state index contributed by atoms with van der Waals surface area (Å²) in [5, 5.41) is -0.105. The summed E-state index contributed by atoms with van der Waals surface area (Å²) in [6, 6.07) is 6.96. The van der Waals surface area contributed by atoms with Crippen molar-refractivity contribution in [1.82, 2.24) is 14.5 Å². The molecule has 144 valence electrons. The standard InChI is InChI=1S/C18H15BF3N3O3/c1-2-28-17(27)12-9-25(8-10-4-3-5-14(19)23-10)16-11(15(12)26)6-7-13(24-16)18(20,21)22/h3-7,9H,2,8,19H2,1H3. The van der Waals surface area contributed by atoms with Crippen molar-refractivity contribution in [3.05, 3.63) is 63.7 Å². The molecule has 3 rings (SSSR count). The predicted molar refractivity (Wildman–Crippen MR) is 98.5 cm³/mol. The van der Waals surface area contributed by atoms with Crippen molar-refractivity contribution in [2.75, 3.05) is 6.61 Å². The topological polar surface area (TPSA) is 74.1 Å². The van der Waals surface area contributed by atoms with Crippen LogP contribution < -0.4 is 11.0 Å². The Bertz CT molecular complexity index is 1110. The minimum atomic E-state index is -4.67. The van der Waals surface area contributed by atoms with Gasteiger partial charge in [-0.25, -0.2) is 9.78 Å². The Hall–Kier alpha value is -3.17. The number of esters is 1. The first-order valence-corrected chi connectivity index (χ1v) is 8.41. The van der Waals surface area contributed by atoms with Crippen molar-refractivity contribution >= 4 is 30.4 Å². The van der Waals surface area contributed by atoms with E-state index >= 15 is 0 Å². The first-order valence-electron chi connectivity index (χ1n) is 8.41. The summed E-state index contributed by atoms with van der Waals surface area (Å²) >= 11 is 0. The molecule has 0 radical (unpaired) electrons. The van der Waals surface area contributed by atoms with Crippen LogP contribution in [0.1, 0.15) is 28.7 Å². The van der Waals surface area contributed by atoms with Gasteiger partial charge in [0.05, 0.1) is 24.2 Å². The van der Waals surface area contributed by atoms with Gasteiger partial charge in [-0.05, 0) is 30.7 Å². The third-order valence-electron chi connectivity index (χ3n) is 3.99. The fraction of sp³-hybridized carbons (Fsp3) is 0.222. The summed E-state index contributed by atoms with van der Waals surface area (Å²) in [6.07, 6.45) is -3.50. The average Bonchev–Trinajstić information content (AvgIpc) is 2.63. The maximum atomic E-state index is 13.1. The molecule has 10 heteroatoms. The molecule has 0 aliphatic carbocycles. The third-order valence-corrected chi connectivity index (χ3v) is 3.99. The van der Waals surface area contributed by atoms with E-state index in [-0.39, 0.29) is 29.7 Å². The highest BCUT2D eigenvalue weighted by molar-refractivity contribution is 6.30. The number of halogens is 3. The minimum absolute atomic E-state index is 0.0270. The molecule has 0 N–H and O–H groups in total. The molecule has 3 aromatic heterocycles. The van der Waals surface area contributed by atoms with Gasteiger partial charge in [-0.2, -0.15) is 13.2 Å². The number of nitrogens with zero attached hydrogens (tertiary/aromatic N) is 3. The van der Waals surface area contributed by atoms with E-state index in [0.717, 1.165) is 11.7 Å². The molecule has 0 saturated heterocycles. The second-order valence-electron chi connectivity index (χ2n) is 6.06. The summed E-state index contributed by atoms with van der Waals surface area (Å²) < 4.78 is 45.5. The largest absolute Gasteiger partial charge is 0.462 e. The van der Waals surface area contributed by atoms with Gasteiger partial charge in [-0.15, -0.1) is 0 Å². The molecule has 0 saturated carbocycles. The van der Waals surface area contributed by atoms with Crippen molar-refractivity contribution < 1.29 is 22.7 Å². The number of ether oxygens (including phenoxy) is 1. The van der Waals surface area contributed by atoms with Gasteiger partial charge in [0.2, 0.25) is 5.43 Å². The summed E-state index contributed by atoms with van der Waals surface area (Å²) in [4.78, 5) is 32.7. The quantitative estimate of drug-likeness (QED) is 0.497. The van der Waals surface area contributed by atoms with Crippen LogP contribution in [-0.2, 0) is 17.5 Å². The molecular formula is C18H15BF3N3O3. The predicted octanol–water partition coefficient (Wildman–Crippen LogP) is 1.29. The van der Waals surface area contributed by atoms with Crippen molar-refractivity contribution in [2.24, 2.45) is 0 Å². The van der Waals surface area contributed by atoms with E-state index in [0.29, 0.717) is 11.8 Å². The fourth-order valence-corrected chi connectivity index (χ4v) is 2.76. The van der Waals surface area contributed by atoms with Gasteiger partial charge in [0, 0.05) is 6.20 Å². The van der Waals surface area contributed by atoms with E-state index in [1.165, 1.54) is 10.8 Å². The minimum Gasteiger partial charge on any atom is -0.462 e. The molecule has 0 unspecified atom stereocenters. The molecule has 0 aliphatic rings.